The van der Waals surface area contributed by atoms with Gasteiger partial charge in [-0.1, -0.05) is 25.1 Å². The fourth-order valence-electron chi connectivity index (χ4n) is 5.05. The minimum absolute atomic E-state index is 0.0873. The number of fused-ring (bicyclic) bond motifs is 2. The first-order chi connectivity index (χ1) is 15.6. The molecule has 170 valence electrons. The van der Waals surface area contributed by atoms with Gasteiger partial charge in [0.1, 0.15) is 10.7 Å². The van der Waals surface area contributed by atoms with Crippen molar-refractivity contribution >= 4 is 21.6 Å². The van der Waals surface area contributed by atoms with Crippen molar-refractivity contribution in [3.05, 3.63) is 77.2 Å². The Hall–Kier alpha value is -3.10. The average molecular weight is 466 g/mol. The van der Waals surface area contributed by atoms with E-state index in [1.165, 1.54) is 12.1 Å². The van der Waals surface area contributed by atoms with E-state index in [1.807, 2.05) is 44.2 Å². The topological polar surface area (TPSA) is 93.4 Å². The summed E-state index contributed by atoms with van der Waals surface area (Å²) in [6.45, 7) is 3.81. The molecule has 1 aromatic heterocycles. The summed E-state index contributed by atoms with van der Waals surface area (Å²) >= 11 is 0. The second-order valence-electron chi connectivity index (χ2n) is 8.93. The van der Waals surface area contributed by atoms with Crippen molar-refractivity contribution < 1.29 is 17.6 Å². The van der Waals surface area contributed by atoms with Gasteiger partial charge in [0.2, 0.25) is 15.9 Å². The number of carbonyl (C=O) groups is 1. The lowest BCUT2D eigenvalue weighted by atomic mass is 9.98. The van der Waals surface area contributed by atoms with Crippen molar-refractivity contribution in [3.8, 4) is 11.3 Å². The maximum atomic E-state index is 14.5. The minimum atomic E-state index is -4.25. The van der Waals surface area contributed by atoms with Crippen LogP contribution in [0, 0.1) is 11.7 Å². The van der Waals surface area contributed by atoms with E-state index in [4.69, 9.17) is 5.14 Å². The highest BCUT2D eigenvalue weighted by molar-refractivity contribution is 7.89. The van der Waals surface area contributed by atoms with Gasteiger partial charge in [-0.3, -0.25) is 9.78 Å². The number of hydrogen-bond donors (Lipinski definition) is 1. The Bertz CT molecular complexity index is 1380. The van der Waals surface area contributed by atoms with E-state index in [1.54, 1.807) is 11.1 Å². The maximum absolute atomic E-state index is 14.5. The molecule has 6 nitrogen and oxygen atoms in total. The van der Waals surface area contributed by atoms with E-state index in [0.717, 1.165) is 22.4 Å². The number of hydrogen-bond acceptors (Lipinski definition) is 4. The Morgan fingerprint density at radius 2 is 1.85 bits per heavy atom. The number of rotatable bonds is 3. The Balaban J connectivity index is 1.47. The van der Waals surface area contributed by atoms with Crippen LogP contribution >= 0.6 is 0 Å². The SMILES string of the molecule is C[C@@H]1c2cc(F)c(S(N)(=O)=O)cc2N(C(=O)[C@@H]2Cc3ccc(-c4ccccn4)cc3C2)[C@H]1C. The molecule has 0 spiro atoms. The van der Waals surface area contributed by atoms with Crippen molar-refractivity contribution in [2.75, 3.05) is 4.90 Å². The van der Waals surface area contributed by atoms with Gasteiger partial charge in [0.25, 0.3) is 0 Å². The average Bonchev–Trinajstić information content (AvgIpc) is 3.31. The zero-order valence-corrected chi connectivity index (χ0v) is 19.1. The number of amides is 1. The van der Waals surface area contributed by atoms with Gasteiger partial charge in [-0.05, 0) is 66.8 Å². The van der Waals surface area contributed by atoms with Gasteiger partial charge < -0.3 is 4.90 Å². The molecule has 0 unspecified atom stereocenters. The molecule has 0 saturated heterocycles. The Morgan fingerprint density at radius 1 is 1.09 bits per heavy atom. The molecule has 3 atom stereocenters. The normalized spacial score (nSPS) is 21.7. The molecule has 5 rings (SSSR count). The number of anilines is 1. The van der Waals surface area contributed by atoms with Gasteiger partial charge in [-0.15, -0.1) is 0 Å². The van der Waals surface area contributed by atoms with Gasteiger partial charge in [0.05, 0.1) is 5.69 Å². The summed E-state index contributed by atoms with van der Waals surface area (Å²) in [6, 6.07) is 14.1. The number of sulfonamides is 1. The molecule has 2 N–H and O–H groups in total. The fourth-order valence-corrected chi connectivity index (χ4v) is 5.66. The first-order valence-corrected chi connectivity index (χ1v) is 12.4. The molecule has 1 aliphatic carbocycles. The van der Waals surface area contributed by atoms with E-state index in [0.29, 0.717) is 24.1 Å². The molecular weight excluding hydrogens is 441 g/mol. The number of carbonyl (C=O) groups excluding carboxylic acids is 1. The van der Waals surface area contributed by atoms with Crippen molar-refractivity contribution in [1.29, 1.82) is 0 Å². The zero-order valence-electron chi connectivity index (χ0n) is 18.3. The number of nitrogens with two attached hydrogens (primary N) is 1. The van der Waals surface area contributed by atoms with Crippen LogP contribution in [-0.2, 0) is 27.7 Å². The molecular formula is C25H24FN3O3S. The molecule has 1 aliphatic heterocycles. The lowest BCUT2D eigenvalue weighted by Crippen LogP contribution is -2.41. The minimum Gasteiger partial charge on any atom is -0.308 e. The molecule has 3 aromatic rings. The lowest BCUT2D eigenvalue weighted by Gasteiger charge is -2.27. The van der Waals surface area contributed by atoms with Crippen LogP contribution in [0.1, 0.15) is 36.5 Å². The van der Waals surface area contributed by atoms with E-state index in [-0.39, 0.29) is 23.8 Å². The summed E-state index contributed by atoms with van der Waals surface area (Å²) in [7, 11) is -4.25. The molecule has 2 aliphatic rings. The number of pyridine rings is 1. The summed E-state index contributed by atoms with van der Waals surface area (Å²) in [5, 5.41) is 5.21. The Morgan fingerprint density at radius 3 is 2.55 bits per heavy atom. The molecule has 8 heteroatoms. The molecule has 0 saturated carbocycles. The molecule has 2 aromatic carbocycles. The van der Waals surface area contributed by atoms with E-state index < -0.39 is 20.7 Å². The second kappa shape index (κ2) is 7.74. The van der Waals surface area contributed by atoms with Crippen LogP contribution in [0.15, 0.2) is 59.6 Å². The fraction of sp³-hybridized carbons (Fsp3) is 0.280. The second-order valence-corrected chi connectivity index (χ2v) is 10.5. The number of aromatic nitrogens is 1. The summed E-state index contributed by atoms with van der Waals surface area (Å²) < 4.78 is 38.2. The summed E-state index contributed by atoms with van der Waals surface area (Å²) in [4.78, 5) is 19.1. The molecule has 0 radical (unpaired) electrons. The summed E-state index contributed by atoms with van der Waals surface area (Å²) in [5.74, 6) is -1.38. The van der Waals surface area contributed by atoms with Gasteiger partial charge in [-0.25, -0.2) is 17.9 Å². The van der Waals surface area contributed by atoms with Crippen molar-refractivity contribution in [3.63, 3.8) is 0 Å². The third kappa shape index (κ3) is 3.63. The quantitative estimate of drug-likeness (QED) is 0.637. The van der Waals surface area contributed by atoms with Crippen LogP contribution in [0.3, 0.4) is 0 Å². The van der Waals surface area contributed by atoms with Gasteiger partial charge in [0, 0.05) is 35.3 Å². The third-order valence-electron chi connectivity index (χ3n) is 6.95. The molecule has 1 amide bonds. The van der Waals surface area contributed by atoms with Crippen LogP contribution in [0.4, 0.5) is 10.1 Å². The predicted octanol–water partition coefficient (Wildman–Crippen LogP) is 3.79. The first-order valence-electron chi connectivity index (χ1n) is 10.9. The largest absolute Gasteiger partial charge is 0.308 e. The highest BCUT2D eigenvalue weighted by Crippen LogP contribution is 2.44. The molecule has 0 bridgehead atoms. The van der Waals surface area contributed by atoms with Crippen LogP contribution in [-0.4, -0.2) is 25.4 Å². The molecule has 0 fully saturated rings. The first kappa shape index (κ1) is 21.7. The van der Waals surface area contributed by atoms with Crippen molar-refractivity contribution in [2.24, 2.45) is 11.1 Å². The number of benzene rings is 2. The highest BCUT2D eigenvalue weighted by atomic mass is 32.2. The van der Waals surface area contributed by atoms with E-state index in [2.05, 4.69) is 11.1 Å². The van der Waals surface area contributed by atoms with Gasteiger partial charge in [-0.2, -0.15) is 0 Å². The van der Waals surface area contributed by atoms with Crippen LogP contribution in [0.5, 0.6) is 0 Å². The molecule has 2 heterocycles. The Kier molecular flexibility index (Phi) is 5.10. The lowest BCUT2D eigenvalue weighted by molar-refractivity contribution is -0.122. The van der Waals surface area contributed by atoms with Gasteiger partial charge in [0.15, 0.2) is 0 Å². The third-order valence-corrected chi connectivity index (χ3v) is 7.88. The number of nitrogens with zero attached hydrogens (tertiary/aromatic N) is 2. The van der Waals surface area contributed by atoms with Crippen molar-refractivity contribution in [2.45, 2.75) is 43.5 Å². The monoisotopic (exact) mass is 465 g/mol. The zero-order chi connectivity index (χ0) is 23.5. The van der Waals surface area contributed by atoms with Crippen LogP contribution in [0.2, 0.25) is 0 Å². The summed E-state index contributed by atoms with van der Waals surface area (Å²) in [6.07, 6.45) is 2.94. The van der Waals surface area contributed by atoms with Crippen molar-refractivity contribution in [1.82, 2.24) is 4.98 Å². The standard InChI is InChI=1S/C25H24FN3O3S/c1-14-15(2)29(23-13-24(33(27,31)32)21(26)12-20(14)23)25(30)19-9-16-6-7-17(10-18(16)11-19)22-5-3-4-8-28-22/h3-8,10,12-15,19H,9,11H2,1-2H3,(H2,27,31,32)/t14-,15-,19+/m0/s1. The van der Waals surface area contributed by atoms with Gasteiger partial charge >= 0.3 is 0 Å². The smallest absolute Gasteiger partial charge is 0.241 e. The van der Waals surface area contributed by atoms with Crippen LogP contribution < -0.4 is 10.0 Å². The number of halogens is 1. The van der Waals surface area contributed by atoms with E-state index in [9.17, 15) is 17.6 Å². The van der Waals surface area contributed by atoms with Crippen LogP contribution in [0.25, 0.3) is 11.3 Å². The summed E-state index contributed by atoms with van der Waals surface area (Å²) in [5.41, 5.74) is 5.16. The number of primary sulfonamides is 1. The molecule has 33 heavy (non-hydrogen) atoms. The van der Waals surface area contributed by atoms with E-state index >= 15 is 0 Å². The highest BCUT2D eigenvalue weighted by Gasteiger charge is 2.41. The maximum Gasteiger partial charge on any atom is 0.241 e. The predicted molar refractivity (Wildman–Crippen MR) is 124 cm³/mol. The Labute approximate surface area is 192 Å².